The summed E-state index contributed by atoms with van der Waals surface area (Å²) in [5, 5.41) is 35.3. The number of ether oxygens (including phenoxy) is 1. The van der Waals surface area contributed by atoms with Crippen molar-refractivity contribution in [2.24, 2.45) is 0 Å². The van der Waals surface area contributed by atoms with E-state index in [-0.39, 0.29) is 6.61 Å². The molecule has 1 aliphatic rings. The molecule has 0 radical (unpaired) electrons. The van der Waals surface area contributed by atoms with Gasteiger partial charge in [-0.3, -0.25) is 0 Å². The van der Waals surface area contributed by atoms with E-state index in [0.29, 0.717) is 0 Å². The first-order valence-electron chi connectivity index (χ1n) is 3.56. The minimum Gasteiger partial charge on any atom is -0.395 e. The van der Waals surface area contributed by atoms with Crippen LogP contribution in [0.15, 0.2) is 0 Å². The van der Waals surface area contributed by atoms with Crippen molar-refractivity contribution in [2.75, 3.05) is 6.61 Å². The fourth-order valence-corrected chi connectivity index (χ4v) is 1.35. The molecule has 1 rings (SSSR count). The summed E-state index contributed by atoms with van der Waals surface area (Å²) < 4.78 is 4.76. The minimum absolute atomic E-state index is 0.287. The Labute approximate surface area is 75.0 Å². The highest BCUT2D eigenvalue weighted by Crippen LogP contribution is 2.24. The summed E-state index contributed by atoms with van der Waals surface area (Å²) >= 11 is 3.91. The first-order chi connectivity index (χ1) is 5.57. The van der Waals surface area contributed by atoms with Crippen molar-refractivity contribution in [3.63, 3.8) is 0 Å². The predicted octanol–water partition coefficient (Wildman–Crippen LogP) is -2.28. The third kappa shape index (κ3) is 1.73. The van der Waals surface area contributed by atoms with E-state index in [1.54, 1.807) is 0 Å². The Morgan fingerprint density at radius 2 is 1.83 bits per heavy atom. The summed E-state index contributed by atoms with van der Waals surface area (Å²) in [7, 11) is 0. The van der Waals surface area contributed by atoms with Crippen molar-refractivity contribution in [1.29, 1.82) is 0 Å². The molecule has 0 aromatic heterocycles. The molecule has 0 bridgehead atoms. The van der Waals surface area contributed by atoms with Gasteiger partial charge in [-0.05, 0) is 0 Å². The van der Waals surface area contributed by atoms with E-state index in [2.05, 4.69) is 12.6 Å². The van der Waals surface area contributed by atoms with Gasteiger partial charge in [0.15, 0.2) is 6.29 Å². The van der Waals surface area contributed by atoms with Gasteiger partial charge in [0, 0.05) is 0 Å². The number of hydrogen-bond donors (Lipinski definition) is 5. The van der Waals surface area contributed by atoms with Crippen LogP contribution in [-0.4, -0.2) is 56.9 Å². The van der Waals surface area contributed by atoms with Crippen molar-refractivity contribution in [2.45, 2.75) is 29.9 Å². The number of rotatable bonds is 2. The number of aliphatic hydroxyl groups is 4. The highest BCUT2D eigenvalue weighted by Gasteiger charge is 2.44. The summed E-state index contributed by atoms with van der Waals surface area (Å²) in [5.74, 6) is 0. The highest BCUT2D eigenvalue weighted by atomic mass is 32.1. The molecule has 0 saturated carbocycles. The zero-order chi connectivity index (χ0) is 9.30. The zero-order valence-corrected chi connectivity index (χ0v) is 7.13. The van der Waals surface area contributed by atoms with Gasteiger partial charge in [0.1, 0.15) is 18.3 Å². The third-order valence-electron chi connectivity index (χ3n) is 1.84. The average molecular weight is 196 g/mol. The zero-order valence-electron chi connectivity index (χ0n) is 6.24. The van der Waals surface area contributed by atoms with Crippen LogP contribution in [-0.2, 0) is 4.74 Å². The maximum Gasteiger partial charge on any atom is 0.184 e. The fraction of sp³-hybridized carbons (Fsp3) is 1.00. The van der Waals surface area contributed by atoms with Crippen LogP contribution in [0.3, 0.4) is 0 Å². The van der Waals surface area contributed by atoms with Crippen LogP contribution in [0.25, 0.3) is 0 Å². The van der Waals surface area contributed by atoms with Gasteiger partial charge in [0.25, 0.3) is 0 Å². The van der Waals surface area contributed by atoms with Crippen LogP contribution in [0.1, 0.15) is 0 Å². The number of aliphatic hydroxyl groups excluding tert-OH is 4. The molecule has 0 aromatic rings. The first kappa shape index (κ1) is 10.2. The molecule has 0 amide bonds. The smallest absolute Gasteiger partial charge is 0.184 e. The SMILES string of the molecule is OC[C@H](S)[C@H]1O[C@H](O)[C@H](O)[C@@H]1O. The van der Waals surface area contributed by atoms with Gasteiger partial charge in [-0.1, -0.05) is 0 Å². The molecule has 6 heteroatoms. The standard InChI is InChI=1S/C6H12O5S/c7-1-2(12)5-3(8)4(9)6(10)11-5/h2-10,12H,1H2/t2-,3-,4+,5+,6-/m0/s1. The van der Waals surface area contributed by atoms with E-state index in [9.17, 15) is 5.11 Å². The van der Waals surface area contributed by atoms with Gasteiger partial charge in [0.05, 0.1) is 11.9 Å². The molecule has 1 saturated heterocycles. The van der Waals surface area contributed by atoms with E-state index in [1.807, 2.05) is 0 Å². The monoisotopic (exact) mass is 196 g/mol. The lowest BCUT2D eigenvalue weighted by atomic mass is 10.1. The largest absolute Gasteiger partial charge is 0.395 e. The van der Waals surface area contributed by atoms with E-state index >= 15 is 0 Å². The fourth-order valence-electron chi connectivity index (χ4n) is 1.11. The molecule has 1 aliphatic heterocycles. The predicted molar refractivity (Wildman–Crippen MR) is 42.8 cm³/mol. The Morgan fingerprint density at radius 3 is 2.17 bits per heavy atom. The maximum atomic E-state index is 9.23. The normalized spacial score (nSPS) is 44.8. The van der Waals surface area contributed by atoms with Gasteiger partial charge >= 0.3 is 0 Å². The molecule has 0 spiro atoms. The summed E-state index contributed by atoms with van der Waals surface area (Å²) in [6, 6.07) is 0. The van der Waals surface area contributed by atoms with E-state index in [0.717, 1.165) is 0 Å². The van der Waals surface area contributed by atoms with Gasteiger partial charge in [-0.2, -0.15) is 12.6 Å². The summed E-state index contributed by atoms with van der Waals surface area (Å²) in [6.07, 6.45) is -4.75. The van der Waals surface area contributed by atoms with E-state index < -0.39 is 29.9 Å². The van der Waals surface area contributed by atoms with Crippen molar-refractivity contribution in [1.82, 2.24) is 0 Å². The molecule has 12 heavy (non-hydrogen) atoms. The molecule has 0 aliphatic carbocycles. The Kier molecular flexibility index (Phi) is 3.33. The lowest BCUT2D eigenvalue weighted by molar-refractivity contribution is -0.127. The van der Waals surface area contributed by atoms with Crippen LogP contribution < -0.4 is 0 Å². The van der Waals surface area contributed by atoms with Gasteiger partial charge < -0.3 is 25.2 Å². The van der Waals surface area contributed by atoms with Crippen molar-refractivity contribution in [3.8, 4) is 0 Å². The molecule has 1 heterocycles. The Hall–Kier alpha value is 0.150. The van der Waals surface area contributed by atoms with E-state index in [4.69, 9.17) is 20.1 Å². The summed E-state index contributed by atoms with van der Waals surface area (Å²) in [5.41, 5.74) is 0. The van der Waals surface area contributed by atoms with Crippen LogP contribution in [0.2, 0.25) is 0 Å². The molecule has 0 aromatic carbocycles. The third-order valence-corrected chi connectivity index (χ3v) is 2.30. The average Bonchev–Trinajstić information content (AvgIpc) is 2.32. The molecule has 4 N–H and O–H groups in total. The second kappa shape index (κ2) is 3.91. The molecular weight excluding hydrogens is 184 g/mol. The maximum absolute atomic E-state index is 9.23. The van der Waals surface area contributed by atoms with Crippen molar-refractivity contribution >= 4 is 12.6 Å². The molecule has 5 nitrogen and oxygen atoms in total. The topological polar surface area (TPSA) is 90.2 Å². The summed E-state index contributed by atoms with van der Waals surface area (Å²) in [4.78, 5) is 0. The molecule has 1 fully saturated rings. The van der Waals surface area contributed by atoms with E-state index in [1.165, 1.54) is 0 Å². The first-order valence-corrected chi connectivity index (χ1v) is 4.08. The second-order valence-electron chi connectivity index (χ2n) is 2.72. The second-order valence-corrected chi connectivity index (χ2v) is 3.39. The minimum atomic E-state index is -1.40. The Balaban J connectivity index is 2.58. The highest BCUT2D eigenvalue weighted by molar-refractivity contribution is 7.81. The molecular formula is C6H12O5S. The Morgan fingerprint density at radius 1 is 1.25 bits per heavy atom. The van der Waals surface area contributed by atoms with Crippen LogP contribution in [0.5, 0.6) is 0 Å². The number of thiol groups is 1. The van der Waals surface area contributed by atoms with Crippen molar-refractivity contribution < 1.29 is 25.2 Å². The lowest BCUT2D eigenvalue weighted by Gasteiger charge is -2.18. The van der Waals surface area contributed by atoms with Gasteiger partial charge in [0.2, 0.25) is 0 Å². The van der Waals surface area contributed by atoms with Crippen LogP contribution in [0, 0.1) is 0 Å². The van der Waals surface area contributed by atoms with Crippen LogP contribution in [0.4, 0.5) is 0 Å². The molecule has 0 unspecified atom stereocenters. The lowest BCUT2D eigenvalue weighted by Crippen LogP contribution is -2.38. The van der Waals surface area contributed by atoms with Crippen molar-refractivity contribution in [3.05, 3.63) is 0 Å². The molecule has 5 atom stereocenters. The van der Waals surface area contributed by atoms with Gasteiger partial charge in [-0.25, -0.2) is 0 Å². The van der Waals surface area contributed by atoms with Gasteiger partial charge in [-0.15, -0.1) is 0 Å². The number of hydrogen-bond acceptors (Lipinski definition) is 6. The summed E-state index contributed by atoms with van der Waals surface area (Å²) in [6.45, 7) is -0.287. The van der Waals surface area contributed by atoms with Crippen LogP contribution >= 0.6 is 12.6 Å². The Bertz CT molecular complexity index is 155. The quantitative estimate of drug-likeness (QED) is 0.321. The molecule has 72 valence electrons.